The van der Waals surface area contributed by atoms with Gasteiger partial charge in [-0.05, 0) is 34.2 Å². The minimum atomic E-state index is 0.0286. The van der Waals surface area contributed by atoms with Crippen molar-refractivity contribution >= 4 is 22.6 Å². The zero-order valence-corrected chi connectivity index (χ0v) is 8.56. The minimum absolute atomic E-state index is 0.0286. The number of hydrogen-bond acceptors (Lipinski definition) is 2. The fourth-order valence-corrected chi connectivity index (χ4v) is 1.96. The summed E-state index contributed by atoms with van der Waals surface area (Å²) in [4.78, 5) is 0. The van der Waals surface area contributed by atoms with Crippen LogP contribution in [0.25, 0.3) is 0 Å². The summed E-state index contributed by atoms with van der Waals surface area (Å²) in [6.07, 6.45) is 0.156. The molecule has 0 radical (unpaired) electrons. The lowest BCUT2D eigenvalue weighted by Gasteiger charge is -1.97. The Labute approximate surface area is 84.7 Å². The Bertz CT molecular complexity index is 288. The molecule has 1 aliphatic heterocycles. The molecule has 1 N–H and O–H groups in total. The fraction of sp³-hybridized carbons (Fsp3) is 0.333. The summed E-state index contributed by atoms with van der Waals surface area (Å²) < 4.78 is 6.48. The molecule has 0 bridgehead atoms. The topological polar surface area (TPSA) is 32.8 Å². The highest BCUT2D eigenvalue weighted by molar-refractivity contribution is 14.1. The van der Waals surface area contributed by atoms with E-state index in [1.54, 1.807) is 0 Å². The van der Waals surface area contributed by atoms with Crippen molar-refractivity contribution in [1.29, 1.82) is 0 Å². The van der Waals surface area contributed by atoms with Crippen molar-refractivity contribution in [2.24, 2.45) is 0 Å². The van der Waals surface area contributed by atoms with E-state index in [1.807, 2.05) is 24.3 Å². The lowest BCUT2D eigenvalue weighted by Crippen LogP contribution is -1.95. The van der Waals surface area contributed by atoms with Crippen LogP contribution in [0.15, 0.2) is 24.3 Å². The number of epoxide rings is 1. The van der Waals surface area contributed by atoms with E-state index in [2.05, 4.69) is 22.6 Å². The van der Waals surface area contributed by atoms with E-state index in [9.17, 15) is 0 Å². The average molecular weight is 276 g/mol. The van der Waals surface area contributed by atoms with E-state index in [0.717, 1.165) is 0 Å². The molecule has 64 valence electrons. The number of hydrogen-bond donors (Lipinski definition) is 1. The molecule has 12 heavy (non-hydrogen) atoms. The molecule has 1 aromatic carbocycles. The van der Waals surface area contributed by atoms with E-state index in [1.165, 1.54) is 9.13 Å². The summed E-state index contributed by atoms with van der Waals surface area (Å²) in [6.45, 7) is 0.121. The predicted molar refractivity (Wildman–Crippen MR) is 53.9 cm³/mol. The monoisotopic (exact) mass is 276 g/mol. The summed E-state index contributed by atoms with van der Waals surface area (Å²) >= 11 is 2.28. The van der Waals surface area contributed by atoms with Crippen molar-refractivity contribution in [2.75, 3.05) is 6.61 Å². The van der Waals surface area contributed by atoms with Gasteiger partial charge in [0.05, 0.1) is 6.61 Å². The first-order chi connectivity index (χ1) is 5.83. The van der Waals surface area contributed by atoms with Crippen LogP contribution in [0.1, 0.15) is 11.7 Å². The van der Waals surface area contributed by atoms with Crippen LogP contribution in [0.4, 0.5) is 0 Å². The maximum atomic E-state index is 8.80. The van der Waals surface area contributed by atoms with Crippen LogP contribution in [0.5, 0.6) is 0 Å². The molecule has 1 heterocycles. The molecule has 2 atom stereocenters. The number of aliphatic hydroxyl groups is 1. The number of ether oxygens (including phenoxy) is 1. The predicted octanol–water partition coefficient (Wildman–Crippen LogP) is 1.72. The van der Waals surface area contributed by atoms with Gasteiger partial charge in [-0.25, -0.2) is 0 Å². The van der Waals surface area contributed by atoms with Gasteiger partial charge < -0.3 is 9.84 Å². The van der Waals surface area contributed by atoms with Crippen LogP contribution in [0.2, 0.25) is 0 Å². The van der Waals surface area contributed by atoms with Crippen LogP contribution in [-0.4, -0.2) is 17.8 Å². The van der Waals surface area contributed by atoms with Crippen molar-refractivity contribution in [2.45, 2.75) is 12.2 Å². The molecular formula is C9H9IO2. The molecule has 0 spiro atoms. The molecule has 1 aliphatic rings. The lowest BCUT2D eigenvalue weighted by atomic mass is 10.1. The highest BCUT2D eigenvalue weighted by Crippen LogP contribution is 2.39. The van der Waals surface area contributed by atoms with Gasteiger partial charge in [-0.1, -0.05) is 18.2 Å². The van der Waals surface area contributed by atoms with Crippen molar-refractivity contribution in [3.05, 3.63) is 33.4 Å². The Morgan fingerprint density at radius 1 is 1.42 bits per heavy atom. The lowest BCUT2D eigenvalue weighted by molar-refractivity contribution is 0.242. The molecule has 0 amide bonds. The second kappa shape index (κ2) is 3.32. The van der Waals surface area contributed by atoms with Crippen molar-refractivity contribution in [3.8, 4) is 0 Å². The van der Waals surface area contributed by atoms with Gasteiger partial charge in [0.15, 0.2) is 0 Å². The molecule has 0 aromatic heterocycles. The molecule has 0 saturated carbocycles. The summed E-state index contributed by atoms with van der Waals surface area (Å²) in [5.74, 6) is 0. The van der Waals surface area contributed by atoms with E-state index < -0.39 is 0 Å². The number of halogens is 1. The van der Waals surface area contributed by atoms with E-state index in [4.69, 9.17) is 9.84 Å². The van der Waals surface area contributed by atoms with Crippen molar-refractivity contribution in [1.82, 2.24) is 0 Å². The Morgan fingerprint density at radius 3 is 2.75 bits per heavy atom. The van der Waals surface area contributed by atoms with Gasteiger partial charge in [0, 0.05) is 3.57 Å². The molecular weight excluding hydrogens is 267 g/mol. The number of aliphatic hydroxyl groups excluding tert-OH is 1. The zero-order valence-electron chi connectivity index (χ0n) is 6.40. The molecule has 0 unspecified atom stereocenters. The first kappa shape index (κ1) is 8.47. The second-order valence-electron chi connectivity index (χ2n) is 2.80. The largest absolute Gasteiger partial charge is 0.394 e. The highest BCUT2D eigenvalue weighted by Gasteiger charge is 2.40. The quantitative estimate of drug-likeness (QED) is 0.659. The van der Waals surface area contributed by atoms with E-state index in [-0.39, 0.29) is 18.8 Å². The van der Waals surface area contributed by atoms with Gasteiger partial charge in [-0.15, -0.1) is 0 Å². The summed E-state index contributed by atoms with van der Waals surface area (Å²) in [5.41, 5.74) is 1.19. The molecule has 1 fully saturated rings. The van der Waals surface area contributed by atoms with Crippen molar-refractivity contribution < 1.29 is 9.84 Å². The molecule has 1 saturated heterocycles. The third-order valence-electron chi connectivity index (χ3n) is 1.97. The summed E-state index contributed by atoms with van der Waals surface area (Å²) in [6, 6.07) is 8.09. The summed E-state index contributed by atoms with van der Waals surface area (Å²) in [5, 5.41) is 8.80. The number of rotatable bonds is 2. The Kier molecular flexibility index (Phi) is 2.34. The maximum absolute atomic E-state index is 8.80. The van der Waals surface area contributed by atoms with Gasteiger partial charge in [0.1, 0.15) is 12.2 Å². The molecule has 3 heteroatoms. The van der Waals surface area contributed by atoms with Gasteiger partial charge in [-0.2, -0.15) is 0 Å². The van der Waals surface area contributed by atoms with Crippen LogP contribution in [0, 0.1) is 3.57 Å². The van der Waals surface area contributed by atoms with Crippen LogP contribution in [0.3, 0.4) is 0 Å². The van der Waals surface area contributed by atoms with Crippen LogP contribution < -0.4 is 0 Å². The Balaban J connectivity index is 2.19. The maximum Gasteiger partial charge on any atom is 0.113 e. The fourth-order valence-electron chi connectivity index (χ4n) is 1.26. The van der Waals surface area contributed by atoms with Gasteiger partial charge in [0.2, 0.25) is 0 Å². The van der Waals surface area contributed by atoms with Gasteiger partial charge in [0.25, 0.3) is 0 Å². The van der Waals surface area contributed by atoms with Crippen LogP contribution in [-0.2, 0) is 4.74 Å². The molecule has 0 aliphatic carbocycles. The SMILES string of the molecule is OC[C@@H]1O[C@H]1c1ccccc1I. The second-order valence-corrected chi connectivity index (χ2v) is 3.96. The molecule has 2 nitrogen and oxygen atoms in total. The average Bonchev–Trinajstić information content (AvgIpc) is 2.84. The molecule has 2 rings (SSSR count). The Hall–Kier alpha value is -0.130. The minimum Gasteiger partial charge on any atom is -0.394 e. The first-order valence-electron chi connectivity index (χ1n) is 3.83. The zero-order chi connectivity index (χ0) is 8.55. The van der Waals surface area contributed by atoms with E-state index >= 15 is 0 Å². The molecule has 1 aromatic rings. The van der Waals surface area contributed by atoms with Gasteiger partial charge >= 0.3 is 0 Å². The first-order valence-corrected chi connectivity index (χ1v) is 4.91. The van der Waals surface area contributed by atoms with E-state index in [0.29, 0.717) is 0 Å². The van der Waals surface area contributed by atoms with Gasteiger partial charge in [-0.3, -0.25) is 0 Å². The third kappa shape index (κ3) is 1.48. The standard InChI is InChI=1S/C9H9IO2/c10-7-4-2-1-3-6(7)9-8(5-11)12-9/h1-4,8-9,11H,5H2/t8-,9-/m0/s1. The van der Waals surface area contributed by atoms with Crippen molar-refractivity contribution in [3.63, 3.8) is 0 Å². The summed E-state index contributed by atoms with van der Waals surface area (Å²) in [7, 11) is 0. The Morgan fingerprint density at radius 2 is 2.17 bits per heavy atom. The van der Waals surface area contributed by atoms with Crippen LogP contribution >= 0.6 is 22.6 Å². The third-order valence-corrected chi connectivity index (χ3v) is 2.96. The number of benzene rings is 1. The normalized spacial score (nSPS) is 27.2. The smallest absolute Gasteiger partial charge is 0.113 e. The highest BCUT2D eigenvalue weighted by atomic mass is 127.